The molecule has 2 atom stereocenters. The maximum atomic E-state index is 11.1. The zero-order valence-electron chi connectivity index (χ0n) is 10.1. The molecule has 1 fully saturated rings. The maximum Gasteiger partial charge on any atom is 0.330 e. The smallest absolute Gasteiger partial charge is 0.330 e. The Kier molecular flexibility index (Phi) is 3.95. The molecule has 1 aliphatic carbocycles. The Balaban J connectivity index is 2.49. The quantitative estimate of drug-likeness (QED) is 0.516. The van der Waals surface area contributed by atoms with Gasteiger partial charge in [0.15, 0.2) is 0 Å². The van der Waals surface area contributed by atoms with Gasteiger partial charge in [0.2, 0.25) is 0 Å². The Bertz CT molecular complexity index is 237. The average Bonchev–Trinajstić information content (AvgIpc) is 2.17. The summed E-state index contributed by atoms with van der Waals surface area (Å²) >= 11 is 0. The van der Waals surface area contributed by atoms with Gasteiger partial charge in [-0.2, -0.15) is 0 Å². The van der Waals surface area contributed by atoms with Crippen molar-refractivity contribution in [1.29, 1.82) is 0 Å². The highest BCUT2D eigenvalue weighted by Crippen LogP contribution is 2.38. The van der Waals surface area contributed by atoms with Crippen molar-refractivity contribution < 1.29 is 9.53 Å². The van der Waals surface area contributed by atoms with Gasteiger partial charge in [0.25, 0.3) is 0 Å². The number of rotatable bonds is 2. The number of esters is 1. The minimum absolute atomic E-state index is 0.105. The number of carbonyl (C=O) groups excluding carboxylic acids is 1. The van der Waals surface area contributed by atoms with Gasteiger partial charge in [-0.1, -0.05) is 27.4 Å². The van der Waals surface area contributed by atoms with Crippen LogP contribution < -0.4 is 0 Å². The van der Waals surface area contributed by atoms with E-state index < -0.39 is 0 Å². The predicted octanol–water partition coefficient (Wildman–Crippen LogP) is 3.32. The van der Waals surface area contributed by atoms with Crippen LogP contribution in [0.4, 0.5) is 0 Å². The first-order valence-electron chi connectivity index (χ1n) is 5.76. The molecule has 15 heavy (non-hydrogen) atoms. The van der Waals surface area contributed by atoms with Crippen LogP contribution in [0.2, 0.25) is 0 Å². The molecule has 0 aromatic heterocycles. The van der Waals surface area contributed by atoms with Crippen LogP contribution in [0.15, 0.2) is 12.7 Å². The van der Waals surface area contributed by atoms with Crippen LogP contribution in [0, 0.1) is 11.3 Å². The lowest BCUT2D eigenvalue weighted by molar-refractivity contribution is -0.145. The Morgan fingerprint density at radius 3 is 2.60 bits per heavy atom. The van der Waals surface area contributed by atoms with Crippen LogP contribution in [-0.4, -0.2) is 12.1 Å². The third kappa shape index (κ3) is 3.69. The van der Waals surface area contributed by atoms with E-state index in [9.17, 15) is 4.79 Å². The summed E-state index contributed by atoms with van der Waals surface area (Å²) in [7, 11) is 0. The molecular formula is C13H22O2. The SMILES string of the molecule is C=CC(=O)O[C@H]1CCC[C@H](C(C)(C)C)C1. The molecular weight excluding hydrogens is 188 g/mol. The molecule has 0 radical (unpaired) electrons. The molecule has 0 unspecified atom stereocenters. The second kappa shape index (κ2) is 4.82. The molecule has 86 valence electrons. The molecule has 0 bridgehead atoms. The van der Waals surface area contributed by atoms with Crippen LogP contribution in [0.25, 0.3) is 0 Å². The fourth-order valence-corrected chi connectivity index (χ4v) is 2.25. The van der Waals surface area contributed by atoms with Crippen molar-refractivity contribution >= 4 is 5.97 Å². The normalized spacial score (nSPS) is 27.1. The maximum absolute atomic E-state index is 11.1. The van der Waals surface area contributed by atoms with Crippen LogP contribution >= 0.6 is 0 Å². The second-order valence-electron chi connectivity index (χ2n) is 5.49. The van der Waals surface area contributed by atoms with Gasteiger partial charge in [0.1, 0.15) is 6.10 Å². The second-order valence-corrected chi connectivity index (χ2v) is 5.49. The summed E-state index contributed by atoms with van der Waals surface area (Å²) in [6.45, 7) is 10.2. The minimum atomic E-state index is -0.283. The minimum Gasteiger partial charge on any atom is -0.459 e. The van der Waals surface area contributed by atoms with Crippen molar-refractivity contribution in [3.05, 3.63) is 12.7 Å². The molecule has 2 heteroatoms. The van der Waals surface area contributed by atoms with E-state index >= 15 is 0 Å². The lowest BCUT2D eigenvalue weighted by Gasteiger charge is -2.37. The van der Waals surface area contributed by atoms with Crippen molar-refractivity contribution in [2.75, 3.05) is 0 Å². The summed E-state index contributed by atoms with van der Waals surface area (Å²) < 4.78 is 5.31. The first-order valence-corrected chi connectivity index (χ1v) is 5.76. The number of carbonyl (C=O) groups is 1. The zero-order chi connectivity index (χ0) is 11.5. The van der Waals surface area contributed by atoms with E-state index in [1.165, 1.54) is 12.5 Å². The topological polar surface area (TPSA) is 26.3 Å². The third-order valence-corrected chi connectivity index (χ3v) is 3.30. The number of hydrogen-bond acceptors (Lipinski definition) is 2. The highest BCUT2D eigenvalue weighted by atomic mass is 16.5. The summed E-state index contributed by atoms with van der Waals surface area (Å²) in [5.41, 5.74) is 0.319. The van der Waals surface area contributed by atoms with Gasteiger partial charge >= 0.3 is 5.97 Å². The molecule has 0 spiro atoms. The van der Waals surface area contributed by atoms with E-state index in [2.05, 4.69) is 27.4 Å². The van der Waals surface area contributed by atoms with E-state index in [-0.39, 0.29) is 12.1 Å². The fourth-order valence-electron chi connectivity index (χ4n) is 2.25. The summed E-state index contributed by atoms with van der Waals surface area (Å²) in [5.74, 6) is 0.378. The lowest BCUT2D eigenvalue weighted by atomic mass is 9.71. The largest absolute Gasteiger partial charge is 0.459 e. The molecule has 0 heterocycles. The van der Waals surface area contributed by atoms with Gasteiger partial charge in [-0.25, -0.2) is 4.79 Å². The molecule has 0 saturated heterocycles. The molecule has 0 aromatic rings. The average molecular weight is 210 g/mol. The summed E-state index contributed by atoms with van der Waals surface area (Å²) in [5, 5.41) is 0. The Morgan fingerprint density at radius 1 is 1.40 bits per heavy atom. The lowest BCUT2D eigenvalue weighted by Crippen LogP contribution is -2.31. The van der Waals surface area contributed by atoms with Crippen LogP contribution in [-0.2, 0) is 9.53 Å². The van der Waals surface area contributed by atoms with Gasteiger partial charge < -0.3 is 4.74 Å². The Hall–Kier alpha value is -0.790. The van der Waals surface area contributed by atoms with E-state index in [0.29, 0.717) is 11.3 Å². The van der Waals surface area contributed by atoms with Gasteiger partial charge in [-0.15, -0.1) is 0 Å². The van der Waals surface area contributed by atoms with Gasteiger partial charge in [-0.3, -0.25) is 0 Å². The van der Waals surface area contributed by atoms with E-state index in [1.54, 1.807) is 0 Å². The van der Waals surface area contributed by atoms with Crippen molar-refractivity contribution in [2.45, 2.75) is 52.6 Å². The van der Waals surface area contributed by atoms with Crippen molar-refractivity contribution in [2.24, 2.45) is 11.3 Å². The van der Waals surface area contributed by atoms with Crippen LogP contribution in [0.3, 0.4) is 0 Å². The molecule has 1 saturated carbocycles. The molecule has 0 N–H and O–H groups in total. The molecule has 2 nitrogen and oxygen atoms in total. The van der Waals surface area contributed by atoms with Crippen LogP contribution in [0.5, 0.6) is 0 Å². The van der Waals surface area contributed by atoms with E-state index in [1.807, 2.05) is 0 Å². The molecule has 1 aliphatic rings. The summed E-state index contributed by atoms with van der Waals surface area (Å²) in [6, 6.07) is 0. The van der Waals surface area contributed by atoms with Crippen LogP contribution in [0.1, 0.15) is 46.5 Å². The number of ether oxygens (including phenoxy) is 1. The Morgan fingerprint density at radius 2 is 2.07 bits per heavy atom. The first kappa shape index (κ1) is 12.3. The van der Waals surface area contributed by atoms with E-state index in [0.717, 1.165) is 19.3 Å². The van der Waals surface area contributed by atoms with Gasteiger partial charge in [0.05, 0.1) is 0 Å². The standard InChI is InChI=1S/C13H22O2/c1-5-12(14)15-11-8-6-7-10(9-11)13(2,3)4/h5,10-11H,1,6-9H2,2-4H3/t10-,11-/m0/s1. The van der Waals surface area contributed by atoms with E-state index in [4.69, 9.17) is 4.74 Å². The fraction of sp³-hybridized carbons (Fsp3) is 0.769. The first-order chi connectivity index (χ1) is 6.93. The Labute approximate surface area is 92.7 Å². The third-order valence-electron chi connectivity index (χ3n) is 3.30. The number of hydrogen-bond donors (Lipinski definition) is 0. The highest BCUT2D eigenvalue weighted by Gasteiger charge is 2.31. The molecule has 0 aromatic carbocycles. The summed E-state index contributed by atoms with van der Waals surface area (Å²) in [4.78, 5) is 11.1. The van der Waals surface area contributed by atoms with Gasteiger partial charge in [0, 0.05) is 6.08 Å². The molecule has 1 rings (SSSR count). The van der Waals surface area contributed by atoms with Crippen molar-refractivity contribution in [3.63, 3.8) is 0 Å². The highest BCUT2D eigenvalue weighted by molar-refractivity contribution is 5.81. The molecule has 0 aliphatic heterocycles. The summed E-state index contributed by atoms with van der Waals surface area (Å²) in [6.07, 6.45) is 5.78. The van der Waals surface area contributed by atoms with Crippen molar-refractivity contribution in [3.8, 4) is 0 Å². The van der Waals surface area contributed by atoms with Crippen molar-refractivity contribution in [1.82, 2.24) is 0 Å². The predicted molar refractivity (Wildman–Crippen MR) is 61.5 cm³/mol. The monoisotopic (exact) mass is 210 g/mol. The zero-order valence-corrected chi connectivity index (χ0v) is 10.1. The van der Waals surface area contributed by atoms with Gasteiger partial charge in [-0.05, 0) is 37.0 Å². The molecule has 0 amide bonds.